The highest BCUT2D eigenvalue weighted by atomic mass is 14.2. The van der Waals surface area contributed by atoms with Crippen molar-refractivity contribution in [2.45, 2.75) is 0 Å². The molecule has 0 fully saturated rings. The van der Waals surface area contributed by atoms with Crippen molar-refractivity contribution in [3.63, 3.8) is 0 Å². The fourth-order valence-corrected chi connectivity index (χ4v) is 1.56. The molecule has 0 aliphatic rings. The molecule has 16 heavy (non-hydrogen) atoms. The van der Waals surface area contributed by atoms with Gasteiger partial charge in [-0.1, -0.05) is 61.2 Å². The number of benzene rings is 2. The van der Waals surface area contributed by atoms with Gasteiger partial charge in [0.15, 0.2) is 0 Å². The van der Waals surface area contributed by atoms with E-state index in [1.54, 1.807) is 0 Å². The lowest BCUT2D eigenvalue weighted by Crippen LogP contribution is -1.81. The normalized spacial score (nSPS) is 9.44. The molecule has 0 bridgehead atoms. The first kappa shape index (κ1) is 10.2. The average Bonchev–Trinajstić information content (AvgIpc) is 2.39. The van der Waals surface area contributed by atoms with E-state index in [4.69, 9.17) is 5.26 Å². The van der Waals surface area contributed by atoms with Crippen LogP contribution in [-0.4, -0.2) is 0 Å². The molecule has 0 atom stereocenters. The summed E-state index contributed by atoms with van der Waals surface area (Å²) in [7, 11) is 0. The minimum absolute atomic E-state index is 0.500. The Bertz CT molecular complexity index is 530. The zero-order chi connectivity index (χ0) is 11.4. The van der Waals surface area contributed by atoms with Crippen molar-refractivity contribution in [2.24, 2.45) is 0 Å². The number of rotatable bonds is 2. The second kappa shape index (κ2) is 4.46. The van der Waals surface area contributed by atoms with Crippen molar-refractivity contribution < 1.29 is 0 Å². The standard InChI is InChI=1S/C15H11N/c1-12(11-16)13-7-9-15(10-8-13)14-5-3-2-4-6-14/h2-10H,1H2. The highest BCUT2D eigenvalue weighted by molar-refractivity contribution is 5.76. The third-order valence-corrected chi connectivity index (χ3v) is 2.48. The second-order valence-corrected chi connectivity index (χ2v) is 3.53. The minimum Gasteiger partial charge on any atom is -0.192 e. The molecule has 2 aromatic carbocycles. The summed E-state index contributed by atoms with van der Waals surface area (Å²) in [5.41, 5.74) is 3.70. The Morgan fingerprint density at radius 2 is 1.44 bits per heavy atom. The van der Waals surface area contributed by atoms with Crippen LogP contribution in [0.4, 0.5) is 0 Å². The van der Waals surface area contributed by atoms with Crippen molar-refractivity contribution in [3.05, 3.63) is 66.7 Å². The SMILES string of the molecule is C=C(C#N)c1ccc(-c2ccccc2)cc1. The molecule has 0 aliphatic heterocycles. The molecule has 0 saturated heterocycles. The molecule has 0 unspecified atom stereocenters. The van der Waals surface area contributed by atoms with Crippen LogP contribution in [0.5, 0.6) is 0 Å². The van der Waals surface area contributed by atoms with Crippen LogP contribution in [0.15, 0.2) is 61.2 Å². The fraction of sp³-hybridized carbons (Fsp3) is 0. The van der Waals surface area contributed by atoms with E-state index in [1.165, 1.54) is 5.56 Å². The summed E-state index contributed by atoms with van der Waals surface area (Å²) in [5, 5.41) is 8.73. The van der Waals surface area contributed by atoms with Gasteiger partial charge in [0.1, 0.15) is 0 Å². The third kappa shape index (κ3) is 2.02. The molecule has 0 amide bonds. The number of hydrogen-bond donors (Lipinski definition) is 0. The Morgan fingerprint density at radius 3 is 2.00 bits per heavy atom. The average molecular weight is 205 g/mol. The summed E-state index contributed by atoms with van der Waals surface area (Å²) >= 11 is 0. The van der Waals surface area contributed by atoms with Gasteiger partial charge in [-0.2, -0.15) is 5.26 Å². The quantitative estimate of drug-likeness (QED) is 0.682. The molecule has 0 saturated carbocycles. The molecule has 2 rings (SSSR count). The lowest BCUT2D eigenvalue weighted by atomic mass is 10.0. The Labute approximate surface area is 95.3 Å². The molecule has 1 heteroatoms. The van der Waals surface area contributed by atoms with Crippen LogP contribution in [0.2, 0.25) is 0 Å². The highest BCUT2D eigenvalue weighted by Gasteiger charge is 1.99. The topological polar surface area (TPSA) is 23.8 Å². The van der Waals surface area contributed by atoms with Gasteiger partial charge in [0.05, 0.1) is 11.6 Å². The van der Waals surface area contributed by atoms with Crippen LogP contribution in [0.3, 0.4) is 0 Å². The van der Waals surface area contributed by atoms with Crippen LogP contribution in [0, 0.1) is 11.3 Å². The summed E-state index contributed by atoms with van der Waals surface area (Å²) in [5.74, 6) is 0. The predicted molar refractivity (Wildman–Crippen MR) is 66.5 cm³/mol. The number of allylic oxidation sites excluding steroid dienone is 1. The molecule has 1 nitrogen and oxygen atoms in total. The van der Waals surface area contributed by atoms with Crippen molar-refractivity contribution in [3.8, 4) is 17.2 Å². The molecule has 0 N–H and O–H groups in total. The Kier molecular flexibility index (Phi) is 2.84. The van der Waals surface area contributed by atoms with Gasteiger partial charge in [0, 0.05) is 0 Å². The van der Waals surface area contributed by atoms with Crippen molar-refractivity contribution in [1.82, 2.24) is 0 Å². The predicted octanol–water partition coefficient (Wildman–Crippen LogP) is 3.89. The van der Waals surface area contributed by atoms with Gasteiger partial charge in [-0.3, -0.25) is 0 Å². The van der Waals surface area contributed by atoms with E-state index in [0.717, 1.165) is 11.1 Å². The molecular weight excluding hydrogens is 194 g/mol. The van der Waals surface area contributed by atoms with Crippen LogP contribution < -0.4 is 0 Å². The first-order valence-corrected chi connectivity index (χ1v) is 5.06. The molecule has 0 radical (unpaired) electrons. The summed E-state index contributed by atoms with van der Waals surface area (Å²) < 4.78 is 0. The summed E-state index contributed by atoms with van der Waals surface area (Å²) in [6.45, 7) is 3.68. The number of nitriles is 1. The first-order chi connectivity index (χ1) is 7.81. The van der Waals surface area contributed by atoms with Gasteiger partial charge in [-0.25, -0.2) is 0 Å². The molecule has 76 valence electrons. The Morgan fingerprint density at radius 1 is 0.875 bits per heavy atom. The molecule has 0 heterocycles. The Hall–Kier alpha value is -2.33. The van der Waals surface area contributed by atoms with E-state index in [-0.39, 0.29) is 0 Å². The zero-order valence-corrected chi connectivity index (χ0v) is 8.85. The summed E-state index contributed by atoms with van der Waals surface area (Å²) in [6, 6.07) is 20.1. The van der Waals surface area contributed by atoms with Gasteiger partial charge >= 0.3 is 0 Å². The molecule has 0 aromatic heterocycles. The zero-order valence-electron chi connectivity index (χ0n) is 8.85. The van der Waals surface area contributed by atoms with Crippen molar-refractivity contribution in [1.29, 1.82) is 5.26 Å². The second-order valence-electron chi connectivity index (χ2n) is 3.53. The summed E-state index contributed by atoms with van der Waals surface area (Å²) in [4.78, 5) is 0. The molecule has 0 spiro atoms. The smallest absolute Gasteiger partial charge is 0.0991 e. The lowest BCUT2D eigenvalue weighted by Gasteiger charge is -2.02. The molecular formula is C15H11N. The van der Waals surface area contributed by atoms with E-state index in [0.29, 0.717) is 5.57 Å². The van der Waals surface area contributed by atoms with Gasteiger partial charge < -0.3 is 0 Å². The van der Waals surface area contributed by atoms with Crippen LogP contribution in [-0.2, 0) is 0 Å². The fourth-order valence-electron chi connectivity index (χ4n) is 1.56. The maximum Gasteiger partial charge on any atom is 0.0991 e. The van der Waals surface area contributed by atoms with E-state index in [1.807, 2.05) is 48.5 Å². The van der Waals surface area contributed by atoms with Crippen LogP contribution in [0.1, 0.15) is 5.56 Å². The van der Waals surface area contributed by atoms with Gasteiger partial charge in [0.2, 0.25) is 0 Å². The maximum atomic E-state index is 8.73. The van der Waals surface area contributed by atoms with Crippen molar-refractivity contribution in [2.75, 3.05) is 0 Å². The van der Waals surface area contributed by atoms with Crippen molar-refractivity contribution >= 4 is 5.57 Å². The van der Waals surface area contributed by atoms with Crippen LogP contribution >= 0.6 is 0 Å². The minimum atomic E-state index is 0.500. The van der Waals surface area contributed by atoms with E-state index in [2.05, 4.69) is 18.7 Å². The van der Waals surface area contributed by atoms with E-state index < -0.39 is 0 Å². The lowest BCUT2D eigenvalue weighted by molar-refractivity contribution is 1.52. The van der Waals surface area contributed by atoms with Gasteiger partial charge in [-0.05, 0) is 16.7 Å². The highest BCUT2D eigenvalue weighted by Crippen LogP contribution is 2.21. The third-order valence-electron chi connectivity index (χ3n) is 2.48. The largest absolute Gasteiger partial charge is 0.192 e. The van der Waals surface area contributed by atoms with E-state index in [9.17, 15) is 0 Å². The number of hydrogen-bond acceptors (Lipinski definition) is 1. The molecule has 2 aromatic rings. The summed E-state index contributed by atoms with van der Waals surface area (Å²) in [6.07, 6.45) is 0. The monoisotopic (exact) mass is 205 g/mol. The van der Waals surface area contributed by atoms with Gasteiger partial charge in [0.25, 0.3) is 0 Å². The number of nitrogens with zero attached hydrogens (tertiary/aromatic N) is 1. The van der Waals surface area contributed by atoms with Gasteiger partial charge in [-0.15, -0.1) is 0 Å². The van der Waals surface area contributed by atoms with Crippen LogP contribution in [0.25, 0.3) is 16.7 Å². The van der Waals surface area contributed by atoms with E-state index >= 15 is 0 Å². The maximum absolute atomic E-state index is 8.73. The first-order valence-electron chi connectivity index (χ1n) is 5.06. The molecule has 0 aliphatic carbocycles. The Balaban J connectivity index is 2.34.